The number of sulfone groups is 2. The fraction of sp³-hybridized carbons (Fsp3) is 0.500. The van der Waals surface area contributed by atoms with Crippen molar-refractivity contribution in [1.82, 2.24) is 0 Å². The van der Waals surface area contributed by atoms with E-state index in [1.54, 1.807) is 0 Å². The summed E-state index contributed by atoms with van der Waals surface area (Å²) in [5.74, 6) is -0.0746. The Balaban J connectivity index is 2.10. The zero-order valence-corrected chi connectivity index (χ0v) is 13.4. The van der Waals surface area contributed by atoms with Crippen molar-refractivity contribution >= 4 is 25.5 Å². The van der Waals surface area contributed by atoms with Crippen molar-refractivity contribution in [2.45, 2.75) is 35.5 Å². The maximum Gasteiger partial charge on any atom is 0.178 e. The molecule has 0 saturated heterocycles. The van der Waals surface area contributed by atoms with Gasteiger partial charge in [-0.2, -0.15) is 0 Å². The van der Waals surface area contributed by atoms with Crippen LogP contribution >= 0.6 is 0 Å². The Morgan fingerprint density at radius 3 is 2.10 bits per heavy atom. The van der Waals surface area contributed by atoms with Gasteiger partial charge in [-0.15, -0.1) is 0 Å². The van der Waals surface area contributed by atoms with Gasteiger partial charge >= 0.3 is 0 Å². The molecule has 0 aliphatic heterocycles. The van der Waals surface area contributed by atoms with Crippen molar-refractivity contribution in [3.8, 4) is 0 Å². The summed E-state index contributed by atoms with van der Waals surface area (Å²) in [6, 6.07) is 5.20. The summed E-state index contributed by atoms with van der Waals surface area (Å²) in [7, 11) is -6.82. The first-order valence-electron chi connectivity index (χ1n) is 6.76. The molecule has 0 heterocycles. The van der Waals surface area contributed by atoms with Gasteiger partial charge in [-0.05, 0) is 43.5 Å². The average molecular weight is 330 g/mol. The molecule has 0 bridgehead atoms. The molecule has 116 valence electrons. The normalized spacial score (nSPS) is 19.9. The predicted octanol–water partition coefficient (Wildman–Crippen LogP) is 1.62. The smallest absolute Gasteiger partial charge is 0.178 e. The first-order chi connectivity index (χ1) is 9.70. The molecule has 7 heteroatoms. The van der Waals surface area contributed by atoms with Gasteiger partial charge in [0.2, 0.25) is 0 Å². The third kappa shape index (κ3) is 3.91. The van der Waals surface area contributed by atoms with Crippen LogP contribution in [0.5, 0.6) is 0 Å². The number of hydrogen-bond donors (Lipinski definition) is 0. The molecule has 5 nitrogen and oxygen atoms in total. The minimum Gasteiger partial charge on any atom is -0.299 e. The van der Waals surface area contributed by atoms with Gasteiger partial charge in [0, 0.05) is 18.6 Å². The van der Waals surface area contributed by atoms with Gasteiger partial charge in [0.15, 0.2) is 19.7 Å². The lowest BCUT2D eigenvalue weighted by atomic mass is 10.1. The maximum atomic E-state index is 12.2. The summed E-state index contributed by atoms with van der Waals surface area (Å²) in [5.41, 5.74) is 0. The molecule has 1 aromatic rings. The van der Waals surface area contributed by atoms with E-state index in [2.05, 4.69) is 0 Å². The van der Waals surface area contributed by atoms with Crippen LogP contribution in [0.25, 0.3) is 0 Å². The second-order valence-corrected chi connectivity index (χ2v) is 9.53. The minimum absolute atomic E-state index is 0.0817. The zero-order chi connectivity index (χ0) is 15.7. The highest BCUT2D eigenvalue weighted by molar-refractivity contribution is 7.91. The Labute approximate surface area is 125 Å². The Bertz CT molecular complexity index is 730. The van der Waals surface area contributed by atoms with E-state index in [0.29, 0.717) is 12.8 Å². The van der Waals surface area contributed by atoms with Crippen molar-refractivity contribution in [1.29, 1.82) is 0 Å². The highest BCUT2D eigenvalue weighted by Gasteiger charge is 2.26. The lowest BCUT2D eigenvalue weighted by Gasteiger charge is -2.09. The highest BCUT2D eigenvalue weighted by Crippen LogP contribution is 2.26. The van der Waals surface area contributed by atoms with Crippen molar-refractivity contribution in [2.75, 3.05) is 12.0 Å². The second kappa shape index (κ2) is 5.88. The Hall–Kier alpha value is -1.21. The van der Waals surface area contributed by atoms with Crippen LogP contribution in [0.1, 0.15) is 25.7 Å². The van der Waals surface area contributed by atoms with E-state index in [4.69, 9.17) is 0 Å². The van der Waals surface area contributed by atoms with E-state index in [0.717, 1.165) is 19.1 Å². The molecular formula is C14H18O5S2. The molecule has 0 N–H and O–H groups in total. The SMILES string of the molecule is CS(=O)(=O)c1ccc(S(=O)(=O)CCC2CCCC2=O)cc1. The molecule has 1 aliphatic rings. The van der Waals surface area contributed by atoms with Crippen molar-refractivity contribution in [2.24, 2.45) is 5.92 Å². The highest BCUT2D eigenvalue weighted by atomic mass is 32.2. The number of Topliss-reactive ketones (excluding diaryl/α,β-unsaturated/α-hetero) is 1. The quantitative estimate of drug-likeness (QED) is 0.819. The van der Waals surface area contributed by atoms with E-state index < -0.39 is 19.7 Å². The third-order valence-electron chi connectivity index (χ3n) is 3.78. The minimum atomic E-state index is -3.48. The standard InChI is InChI=1S/C14H18O5S2/c1-20(16,17)12-5-7-13(8-6-12)21(18,19)10-9-11-3-2-4-14(11)15/h5-8,11H,2-4,9-10H2,1H3. The molecule has 1 saturated carbocycles. The van der Waals surface area contributed by atoms with Crippen molar-refractivity contribution in [3.63, 3.8) is 0 Å². The van der Waals surface area contributed by atoms with Crippen LogP contribution in [0, 0.1) is 5.92 Å². The fourth-order valence-electron chi connectivity index (χ4n) is 2.50. The number of carbonyl (C=O) groups is 1. The summed E-state index contributed by atoms with van der Waals surface area (Å²) < 4.78 is 47.1. The largest absolute Gasteiger partial charge is 0.299 e. The van der Waals surface area contributed by atoms with Gasteiger partial charge in [-0.25, -0.2) is 16.8 Å². The molecule has 0 amide bonds. The van der Waals surface area contributed by atoms with Crippen LogP contribution in [0.2, 0.25) is 0 Å². The molecule has 1 aliphatic carbocycles. The molecule has 0 radical (unpaired) electrons. The molecular weight excluding hydrogens is 312 g/mol. The Morgan fingerprint density at radius 1 is 1.05 bits per heavy atom. The van der Waals surface area contributed by atoms with E-state index in [9.17, 15) is 21.6 Å². The fourth-order valence-corrected chi connectivity index (χ4v) is 4.51. The summed E-state index contributed by atoms with van der Waals surface area (Å²) in [4.78, 5) is 11.7. The van der Waals surface area contributed by atoms with Crippen LogP contribution < -0.4 is 0 Å². The van der Waals surface area contributed by atoms with Crippen molar-refractivity contribution in [3.05, 3.63) is 24.3 Å². The molecule has 0 spiro atoms. The summed E-state index contributed by atoms with van der Waals surface area (Å²) >= 11 is 0. The Kier molecular flexibility index (Phi) is 4.53. The van der Waals surface area contributed by atoms with Crippen LogP contribution in [0.15, 0.2) is 34.1 Å². The summed E-state index contributed by atoms with van der Waals surface area (Å²) in [6.07, 6.45) is 3.57. The number of carbonyl (C=O) groups excluding carboxylic acids is 1. The topological polar surface area (TPSA) is 85.3 Å². The molecule has 21 heavy (non-hydrogen) atoms. The summed E-state index contributed by atoms with van der Waals surface area (Å²) in [5, 5.41) is 0. The molecule has 1 unspecified atom stereocenters. The molecule has 2 rings (SSSR count). The van der Waals surface area contributed by atoms with Crippen LogP contribution in [0.4, 0.5) is 0 Å². The molecule has 1 atom stereocenters. The van der Waals surface area contributed by atoms with Gasteiger partial charge in [-0.3, -0.25) is 4.79 Å². The first kappa shape index (κ1) is 16.2. The number of rotatable bonds is 5. The van der Waals surface area contributed by atoms with E-state index in [1.807, 2.05) is 0 Å². The average Bonchev–Trinajstić information content (AvgIpc) is 2.81. The van der Waals surface area contributed by atoms with Crippen LogP contribution in [-0.2, 0) is 24.5 Å². The number of ketones is 1. The van der Waals surface area contributed by atoms with Gasteiger partial charge in [0.05, 0.1) is 15.5 Å². The molecule has 1 fully saturated rings. The zero-order valence-electron chi connectivity index (χ0n) is 11.8. The predicted molar refractivity (Wildman–Crippen MR) is 78.6 cm³/mol. The second-order valence-electron chi connectivity index (χ2n) is 5.41. The lowest BCUT2D eigenvalue weighted by molar-refractivity contribution is -0.120. The monoisotopic (exact) mass is 330 g/mol. The van der Waals surface area contributed by atoms with Gasteiger partial charge in [-0.1, -0.05) is 0 Å². The van der Waals surface area contributed by atoms with E-state index >= 15 is 0 Å². The first-order valence-corrected chi connectivity index (χ1v) is 10.3. The van der Waals surface area contributed by atoms with E-state index in [1.165, 1.54) is 24.3 Å². The summed E-state index contributed by atoms with van der Waals surface area (Å²) in [6.45, 7) is 0. The van der Waals surface area contributed by atoms with Gasteiger partial charge < -0.3 is 0 Å². The third-order valence-corrected chi connectivity index (χ3v) is 6.67. The van der Waals surface area contributed by atoms with Crippen molar-refractivity contribution < 1.29 is 21.6 Å². The van der Waals surface area contributed by atoms with Crippen LogP contribution in [0.3, 0.4) is 0 Å². The van der Waals surface area contributed by atoms with Gasteiger partial charge in [0.1, 0.15) is 5.78 Å². The molecule has 1 aromatic carbocycles. The maximum absolute atomic E-state index is 12.2. The number of benzene rings is 1. The van der Waals surface area contributed by atoms with Crippen LogP contribution in [-0.4, -0.2) is 34.6 Å². The Morgan fingerprint density at radius 2 is 1.62 bits per heavy atom. The van der Waals surface area contributed by atoms with E-state index in [-0.39, 0.29) is 27.2 Å². The lowest BCUT2D eigenvalue weighted by Crippen LogP contribution is -2.14. The van der Waals surface area contributed by atoms with Gasteiger partial charge in [0.25, 0.3) is 0 Å². The molecule has 0 aromatic heterocycles. The number of hydrogen-bond acceptors (Lipinski definition) is 5.